The predicted octanol–water partition coefficient (Wildman–Crippen LogP) is 1.95. The summed E-state index contributed by atoms with van der Waals surface area (Å²) in [4.78, 5) is 19.7. The van der Waals surface area contributed by atoms with Gasteiger partial charge in [-0.2, -0.15) is 0 Å². The zero-order valence-corrected chi connectivity index (χ0v) is 13.0. The van der Waals surface area contributed by atoms with E-state index in [-0.39, 0.29) is 18.3 Å². The summed E-state index contributed by atoms with van der Waals surface area (Å²) >= 11 is 1.61. The molecule has 0 spiro atoms. The number of aromatic nitrogens is 1. The van der Waals surface area contributed by atoms with Crippen molar-refractivity contribution < 1.29 is 4.79 Å². The van der Waals surface area contributed by atoms with Gasteiger partial charge in [-0.15, -0.1) is 24.2 Å². The minimum atomic E-state index is 0. The van der Waals surface area contributed by atoms with Gasteiger partial charge in [0.25, 0.3) is 0 Å². The third-order valence-electron chi connectivity index (χ3n) is 3.95. The van der Waals surface area contributed by atoms with Crippen molar-refractivity contribution >= 4 is 30.1 Å². The molecule has 3 heterocycles. The highest BCUT2D eigenvalue weighted by Gasteiger charge is 2.37. The predicted molar refractivity (Wildman–Crippen MR) is 83.4 cm³/mol. The summed E-state index contributed by atoms with van der Waals surface area (Å²) in [5, 5.41) is 3.43. The number of hydrogen-bond donors (Lipinski definition) is 1. The molecular weight excluding hydrogens is 294 g/mol. The summed E-state index contributed by atoms with van der Waals surface area (Å²) < 4.78 is 0. The summed E-state index contributed by atoms with van der Waals surface area (Å²) in [7, 11) is 0. The SMILES string of the molecule is Cl.O=C(CSc1ccncc1)N1C2CCNCC1CC2. The van der Waals surface area contributed by atoms with Crippen LogP contribution in [0.3, 0.4) is 0 Å². The highest BCUT2D eigenvalue weighted by molar-refractivity contribution is 8.00. The Morgan fingerprint density at radius 1 is 1.30 bits per heavy atom. The monoisotopic (exact) mass is 313 g/mol. The third-order valence-corrected chi connectivity index (χ3v) is 4.95. The second kappa shape index (κ2) is 7.29. The molecule has 4 nitrogen and oxygen atoms in total. The van der Waals surface area contributed by atoms with Crippen LogP contribution in [0.5, 0.6) is 0 Å². The van der Waals surface area contributed by atoms with Gasteiger partial charge in [-0.25, -0.2) is 0 Å². The second-order valence-corrected chi connectivity index (χ2v) is 6.20. The van der Waals surface area contributed by atoms with Crippen molar-refractivity contribution in [3.63, 3.8) is 0 Å². The molecule has 20 heavy (non-hydrogen) atoms. The Kier molecular flexibility index (Phi) is 5.69. The summed E-state index contributed by atoms with van der Waals surface area (Å²) in [5.74, 6) is 0.829. The van der Waals surface area contributed by atoms with Gasteiger partial charge in [0.2, 0.25) is 5.91 Å². The van der Waals surface area contributed by atoms with Gasteiger partial charge < -0.3 is 10.2 Å². The largest absolute Gasteiger partial charge is 0.335 e. The highest BCUT2D eigenvalue weighted by atomic mass is 35.5. The molecule has 0 aliphatic carbocycles. The van der Waals surface area contributed by atoms with Gasteiger partial charge in [0.05, 0.1) is 5.75 Å². The van der Waals surface area contributed by atoms with Crippen LogP contribution in [0.25, 0.3) is 0 Å². The molecule has 2 bridgehead atoms. The number of halogens is 1. The number of nitrogens with zero attached hydrogens (tertiary/aromatic N) is 2. The van der Waals surface area contributed by atoms with Crippen molar-refractivity contribution in [1.29, 1.82) is 0 Å². The van der Waals surface area contributed by atoms with Crippen molar-refractivity contribution in [3.05, 3.63) is 24.5 Å². The van der Waals surface area contributed by atoms with Gasteiger partial charge in [0.1, 0.15) is 0 Å². The fraction of sp³-hybridized carbons (Fsp3) is 0.571. The first-order valence-electron chi connectivity index (χ1n) is 6.89. The van der Waals surface area contributed by atoms with E-state index in [4.69, 9.17) is 0 Å². The summed E-state index contributed by atoms with van der Waals surface area (Å²) in [6.45, 7) is 2.00. The molecule has 6 heteroatoms. The zero-order valence-electron chi connectivity index (χ0n) is 11.3. The summed E-state index contributed by atoms with van der Waals surface area (Å²) in [6, 6.07) is 4.79. The number of amides is 1. The van der Waals surface area contributed by atoms with Gasteiger partial charge in [0.15, 0.2) is 0 Å². The smallest absolute Gasteiger partial charge is 0.233 e. The van der Waals surface area contributed by atoms with Gasteiger partial charge in [-0.1, -0.05) is 0 Å². The molecule has 2 aliphatic heterocycles. The van der Waals surface area contributed by atoms with E-state index in [1.165, 1.54) is 6.42 Å². The Labute approximate surface area is 130 Å². The normalized spacial score (nSPS) is 24.9. The number of nitrogens with one attached hydrogen (secondary N) is 1. The van der Waals surface area contributed by atoms with E-state index in [2.05, 4.69) is 15.2 Å². The molecule has 1 amide bonds. The molecule has 2 fully saturated rings. The number of hydrogen-bond acceptors (Lipinski definition) is 4. The maximum atomic E-state index is 12.4. The van der Waals surface area contributed by atoms with Crippen LogP contribution in [0.2, 0.25) is 0 Å². The third kappa shape index (κ3) is 3.45. The van der Waals surface area contributed by atoms with E-state index < -0.39 is 0 Å². The molecular formula is C14H20ClN3OS. The number of carbonyl (C=O) groups is 1. The zero-order chi connectivity index (χ0) is 13.1. The molecule has 0 radical (unpaired) electrons. The first-order valence-corrected chi connectivity index (χ1v) is 7.88. The lowest BCUT2D eigenvalue weighted by Crippen LogP contribution is -2.43. The van der Waals surface area contributed by atoms with E-state index in [9.17, 15) is 4.79 Å². The van der Waals surface area contributed by atoms with Crippen molar-refractivity contribution in [1.82, 2.24) is 15.2 Å². The van der Waals surface area contributed by atoms with Crippen LogP contribution in [0.15, 0.2) is 29.4 Å². The Morgan fingerprint density at radius 3 is 2.85 bits per heavy atom. The van der Waals surface area contributed by atoms with Crippen molar-refractivity contribution in [2.75, 3.05) is 18.8 Å². The highest BCUT2D eigenvalue weighted by Crippen LogP contribution is 2.29. The molecule has 1 aromatic heterocycles. The Morgan fingerprint density at radius 2 is 2.05 bits per heavy atom. The van der Waals surface area contributed by atoms with Crippen LogP contribution >= 0.6 is 24.2 Å². The fourth-order valence-electron chi connectivity index (χ4n) is 3.04. The van der Waals surface area contributed by atoms with Crippen LogP contribution < -0.4 is 5.32 Å². The van der Waals surface area contributed by atoms with Crippen molar-refractivity contribution in [2.45, 2.75) is 36.2 Å². The van der Waals surface area contributed by atoms with Gasteiger partial charge in [-0.3, -0.25) is 9.78 Å². The van der Waals surface area contributed by atoms with E-state index in [0.717, 1.165) is 30.8 Å². The lowest BCUT2D eigenvalue weighted by Gasteiger charge is -2.27. The molecule has 1 N–H and O–H groups in total. The van der Waals surface area contributed by atoms with E-state index in [1.807, 2.05) is 12.1 Å². The molecule has 2 aliphatic rings. The minimum Gasteiger partial charge on any atom is -0.335 e. The fourth-order valence-corrected chi connectivity index (χ4v) is 3.80. The van der Waals surface area contributed by atoms with Gasteiger partial charge in [-0.05, 0) is 37.9 Å². The van der Waals surface area contributed by atoms with Crippen LogP contribution in [-0.2, 0) is 4.79 Å². The quantitative estimate of drug-likeness (QED) is 0.866. The van der Waals surface area contributed by atoms with Crippen LogP contribution in [0, 0.1) is 0 Å². The Bertz CT molecular complexity index is 431. The average molecular weight is 314 g/mol. The molecule has 0 aromatic carbocycles. The average Bonchev–Trinajstić information content (AvgIpc) is 2.71. The van der Waals surface area contributed by atoms with Crippen LogP contribution in [0.4, 0.5) is 0 Å². The second-order valence-electron chi connectivity index (χ2n) is 5.15. The maximum Gasteiger partial charge on any atom is 0.233 e. The van der Waals surface area contributed by atoms with Gasteiger partial charge >= 0.3 is 0 Å². The van der Waals surface area contributed by atoms with Crippen LogP contribution in [-0.4, -0.2) is 46.7 Å². The number of carbonyl (C=O) groups excluding carboxylic acids is 1. The number of pyridine rings is 1. The van der Waals surface area contributed by atoms with Crippen molar-refractivity contribution in [3.8, 4) is 0 Å². The summed E-state index contributed by atoms with van der Waals surface area (Å²) in [6.07, 6.45) is 6.97. The number of thioether (sulfide) groups is 1. The Balaban J connectivity index is 0.00000147. The topological polar surface area (TPSA) is 45.2 Å². The summed E-state index contributed by atoms with van der Waals surface area (Å²) in [5.41, 5.74) is 0. The molecule has 1 aromatic rings. The lowest BCUT2D eigenvalue weighted by molar-refractivity contribution is -0.130. The van der Waals surface area contributed by atoms with Gasteiger partial charge in [0, 0.05) is 35.9 Å². The molecule has 2 atom stereocenters. The van der Waals surface area contributed by atoms with E-state index >= 15 is 0 Å². The Hall–Kier alpha value is -0.780. The maximum absolute atomic E-state index is 12.4. The first-order chi connectivity index (χ1) is 9.34. The number of fused-ring (bicyclic) bond motifs is 2. The van der Waals surface area contributed by atoms with E-state index in [0.29, 0.717) is 17.8 Å². The first kappa shape index (κ1) is 15.6. The minimum absolute atomic E-state index is 0. The van der Waals surface area contributed by atoms with Crippen molar-refractivity contribution in [2.24, 2.45) is 0 Å². The van der Waals surface area contributed by atoms with Crippen LogP contribution in [0.1, 0.15) is 19.3 Å². The lowest BCUT2D eigenvalue weighted by atomic mass is 10.1. The molecule has 0 saturated carbocycles. The molecule has 2 unspecified atom stereocenters. The molecule has 2 saturated heterocycles. The molecule has 3 rings (SSSR count). The standard InChI is InChI=1S/C14H19N3OS.ClH/c18-14(10-19-13-4-7-15-8-5-13)17-11-1-2-12(17)9-16-6-3-11;/h4-5,7-8,11-12,16H,1-3,6,9-10H2;1H. The number of rotatable bonds is 3. The van der Waals surface area contributed by atoms with E-state index in [1.54, 1.807) is 24.2 Å². The molecule has 110 valence electrons.